The van der Waals surface area contributed by atoms with Gasteiger partial charge in [0.05, 0.1) is 0 Å². The highest BCUT2D eigenvalue weighted by molar-refractivity contribution is 5.80. The summed E-state index contributed by atoms with van der Waals surface area (Å²) < 4.78 is 7.71. The van der Waals surface area contributed by atoms with Crippen molar-refractivity contribution < 1.29 is 36.1 Å². The third-order valence-electron chi connectivity index (χ3n) is 6.94. The smallest absolute Gasteiger partial charge is 0.251 e. The lowest BCUT2D eigenvalue weighted by Gasteiger charge is -2.22. The molecule has 39 heavy (non-hydrogen) atoms. The minimum atomic E-state index is -0.753. The van der Waals surface area contributed by atoms with Gasteiger partial charge in [-0.15, -0.1) is 0 Å². The van der Waals surface area contributed by atoms with Gasteiger partial charge in [0.15, 0.2) is 25.0 Å². The van der Waals surface area contributed by atoms with Crippen LogP contribution in [-0.2, 0) is 25.7 Å². The second-order valence-corrected chi connectivity index (χ2v) is 10.3. The summed E-state index contributed by atoms with van der Waals surface area (Å²) in [5.74, 6) is -0.254. The fraction of sp³-hybridized carbons (Fsp3) is 0.774. The number of amides is 2. The van der Waals surface area contributed by atoms with Crippen LogP contribution in [-0.4, -0.2) is 50.3 Å². The maximum absolute atomic E-state index is 12.2. The molecular weight excluding hydrogens is 514 g/mol. The van der Waals surface area contributed by atoms with E-state index in [9.17, 15) is 9.59 Å². The van der Waals surface area contributed by atoms with Crippen LogP contribution < -0.4 is 22.3 Å². The van der Waals surface area contributed by atoms with Gasteiger partial charge in [0.25, 0.3) is 5.91 Å². The number of hydrogen-bond donors (Lipinski definition) is 1. The first-order valence-electron chi connectivity index (χ1n) is 15.3. The zero-order valence-electron chi connectivity index (χ0n) is 24.8. The van der Waals surface area contributed by atoms with E-state index in [-0.39, 0.29) is 18.3 Å². The topological polar surface area (TPSA) is 71.8 Å². The van der Waals surface area contributed by atoms with Crippen LogP contribution in [0, 0.1) is 0 Å². The van der Waals surface area contributed by atoms with Crippen molar-refractivity contribution in [2.75, 3.05) is 26.8 Å². The van der Waals surface area contributed by atoms with Crippen LogP contribution in [0.4, 0.5) is 0 Å². The Morgan fingerprint density at radius 1 is 0.821 bits per heavy atom. The number of nitrogens with zero attached hydrogens (tertiary/aromatic N) is 2. The van der Waals surface area contributed by atoms with Gasteiger partial charge in [-0.1, -0.05) is 109 Å². The van der Waals surface area contributed by atoms with Crippen LogP contribution in [0.1, 0.15) is 116 Å². The molecule has 226 valence electrons. The second-order valence-electron chi connectivity index (χ2n) is 10.3. The average Bonchev–Trinajstić information content (AvgIpc) is 2.95. The van der Waals surface area contributed by atoms with E-state index in [0.717, 1.165) is 6.42 Å². The Balaban J connectivity index is 0.0000144. The molecule has 1 aromatic heterocycles. The first-order chi connectivity index (χ1) is 18.7. The van der Waals surface area contributed by atoms with E-state index in [2.05, 4.69) is 12.2 Å². The molecule has 0 unspecified atom stereocenters. The van der Waals surface area contributed by atoms with Crippen LogP contribution in [0.25, 0.3) is 0 Å². The number of ether oxygens (including phenoxy) is 1. The molecule has 1 rings (SSSR count). The van der Waals surface area contributed by atoms with Crippen molar-refractivity contribution in [3.63, 3.8) is 0 Å². The van der Waals surface area contributed by atoms with E-state index in [4.69, 9.17) is 9.57 Å². The van der Waals surface area contributed by atoms with Crippen molar-refractivity contribution in [1.82, 2.24) is 10.4 Å². The maximum Gasteiger partial charge on any atom is 0.251 e. The summed E-state index contributed by atoms with van der Waals surface area (Å²) >= 11 is 0. The van der Waals surface area contributed by atoms with Crippen LogP contribution in [0.15, 0.2) is 30.6 Å². The Morgan fingerprint density at radius 3 is 1.82 bits per heavy atom. The summed E-state index contributed by atoms with van der Waals surface area (Å²) in [5.41, 5.74) is 0. The first-order valence-corrected chi connectivity index (χ1v) is 15.3. The number of halogens is 1. The SMILES string of the molecule is CCCCCCCCCCCCCCCCCCOCC[C@@H](ON(C=O)CC[n+]1ccccc1)C(=O)NC.[Cl-]. The van der Waals surface area contributed by atoms with Gasteiger partial charge < -0.3 is 22.5 Å². The zero-order chi connectivity index (χ0) is 27.5. The molecule has 7 nitrogen and oxygen atoms in total. The zero-order valence-corrected chi connectivity index (χ0v) is 25.6. The lowest BCUT2D eigenvalue weighted by Crippen LogP contribution is -3.00. The van der Waals surface area contributed by atoms with E-state index in [0.29, 0.717) is 39.1 Å². The lowest BCUT2D eigenvalue weighted by atomic mass is 10.0. The summed E-state index contributed by atoms with van der Waals surface area (Å²) in [5, 5.41) is 3.80. The van der Waals surface area contributed by atoms with Crippen molar-refractivity contribution in [1.29, 1.82) is 0 Å². The van der Waals surface area contributed by atoms with Gasteiger partial charge in [-0.3, -0.25) is 14.4 Å². The number of nitrogens with one attached hydrogen (secondary N) is 1. The van der Waals surface area contributed by atoms with Crippen molar-refractivity contribution in [2.45, 2.75) is 129 Å². The number of carbonyl (C=O) groups is 2. The molecule has 2 amide bonds. The molecule has 0 aliphatic heterocycles. The number of unbranched alkanes of at least 4 members (excludes halogenated alkanes) is 15. The number of hydroxylamine groups is 2. The molecule has 0 bridgehead atoms. The highest BCUT2D eigenvalue weighted by Gasteiger charge is 2.22. The number of aromatic nitrogens is 1. The first kappa shape index (κ1) is 37.3. The van der Waals surface area contributed by atoms with Gasteiger partial charge in [-0.2, -0.15) is 0 Å². The summed E-state index contributed by atoms with van der Waals surface area (Å²) in [6.45, 7) is 4.33. The Labute approximate surface area is 244 Å². The summed E-state index contributed by atoms with van der Waals surface area (Å²) in [4.78, 5) is 29.3. The van der Waals surface area contributed by atoms with E-state index in [1.165, 1.54) is 101 Å². The van der Waals surface area contributed by atoms with Crippen molar-refractivity contribution in [3.05, 3.63) is 30.6 Å². The molecular formula is C31H56ClN3O4. The minimum absolute atomic E-state index is 0. The predicted octanol–water partition coefficient (Wildman–Crippen LogP) is 3.15. The summed E-state index contributed by atoms with van der Waals surface area (Å²) in [6, 6.07) is 5.79. The largest absolute Gasteiger partial charge is 1.00 e. The van der Waals surface area contributed by atoms with Gasteiger partial charge in [-0.25, -0.2) is 9.63 Å². The molecule has 0 saturated carbocycles. The Bertz CT molecular complexity index is 681. The van der Waals surface area contributed by atoms with Crippen molar-refractivity contribution in [3.8, 4) is 0 Å². The molecule has 1 aromatic rings. The minimum Gasteiger partial charge on any atom is -1.00 e. The Hall–Kier alpha value is -1.70. The van der Waals surface area contributed by atoms with Crippen molar-refractivity contribution >= 4 is 12.3 Å². The third kappa shape index (κ3) is 21.8. The molecule has 8 heteroatoms. The van der Waals surface area contributed by atoms with E-state index in [1.54, 1.807) is 7.05 Å². The molecule has 0 fully saturated rings. The molecule has 1 heterocycles. The quantitative estimate of drug-likeness (QED) is 0.0765. The molecule has 0 aliphatic carbocycles. The fourth-order valence-corrected chi connectivity index (χ4v) is 4.53. The second kappa shape index (κ2) is 27.9. The maximum atomic E-state index is 12.2. The molecule has 0 spiro atoms. The molecule has 0 radical (unpaired) electrons. The van der Waals surface area contributed by atoms with Gasteiger partial charge in [0.2, 0.25) is 6.41 Å². The number of rotatable bonds is 27. The van der Waals surface area contributed by atoms with Crippen LogP contribution in [0.5, 0.6) is 0 Å². The van der Waals surface area contributed by atoms with Gasteiger partial charge >= 0.3 is 0 Å². The number of carbonyl (C=O) groups excluding carboxylic acids is 2. The Morgan fingerprint density at radius 2 is 1.33 bits per heavy atom. The van der Waals surface area contributed by atoms with Crippen LogP contribution >= 0.6 is 0 Å². The fourth-order valence-electron chi connectivity index (χ4n) is 4.53. The van der Waals surface area contributed by atoms with E-state index in [1.807, 2.05) is 35.2 Å². The van der Waals surface area contributed by atoms with E-state index >= 15 is 0 Å². The standard InChI is InChI=1S/C31H55N3O4.ClH/c1-3-4-5-6-7-8-9-10-11-12-13-14-15-16-17-21-27-37-28-22-30(31(36)32-2)38-34(29-35)26-25-33-23-19-18-20-24-33;/h18-20,23-24,29-30H,3-17,21-22,25-28H2,1-2H3;1H/t30-;/m1./s1. The van der Waals surface area contributed by atoms with Gasteiger partial charge in [0, 0.05) is 38.8 Å². The molecule has 0 saturated heterocycles. The highest BCUT2D eigenvalue weighted by atomic mass is 35.5. The lowest BCUT2D eigenvalue weighted by molar-refractivity contribution is -0.697. The van der Waals surface area contributed by atoms with Gasteiger partial charge in [0.1, 0.15) is 6.54 Å². The number of hydrogen-bond acceptors (Lipinski definition) is 4. The predicted molar refractivity (Wildman–Crippen MR) is 153 cm³/mol. The number of likely N-dealkylation sites (N-methyl/N-ethyl adjacent to an activating group) is 1. The molecule has 0 aliphatic rings. The molecule has 1 atom stereocenters. The van der Waals surface area contributed by atoms with Crippen molar-refractivity contribution in [2.24, 2.45) is 0 Å². The van der Waals surface area contributed by atoms with Gasteiger partial charge in [-0.05, 0) is 6.42 Å². The summed E-state index contributed by atoms with van der Waals surface area (Å²) in [6.07, 6.45) is 25.7. The molecule has 1 N–H and O–H groups in total. The average molecular weight is 570 g/mol. The Kier molecular flexibility index (Phi) is 26.6. The van der Waals surface area contributed by atoms with Crippen LogP contribution in [0.3, 0.4) is 0 Å². The third-order valence-corrected chi connectivity index (χ3v) is 6.94. The molecule has 0 aromatic carbocycles. The normalized spacial score (nSPS) is 11.5. The highest BCUT2D eigenvalue weighted by Crippen LogP contribution is 2.14. The van der Waals surface area contributed by atoms with Crippen LogP contribution in [0.2, 0.25) is 0 Å². The summed E-state index contributed by atoms with van der Waals surface area (Å²) in [7, 11) is 1.57. The van der Waals surface area contributed by atoms with E-state index < -0.39 is 6.10 Å². The number of pyridine rings is 1. The monoisotopic (exact) mass is 569 g/mol.